The van der Waals surface area contributed by atoms with Crippen LogP contribution >= 0.6 is 0 Å². The molecule has 2 heterocycles. The summed E-state index contributed by atoms with van der Waals surface area (Å²) in [7, 11) is 0. The molecule has 7 heteroatoms. The largest absolute Gasteiger partial charge is 0.418 e. The molecular formula is C16H14F3N3O. The van der Waals surface area contributed by atoms with Gasteiger partial charge < -0.3 is 9.67 Å². The average molecular weight is 321 g/mol. The molecule has 0 saturated heterocycles. The first kappa shape index (κ1) is 15.5. The number of nitrogens with zero attached hydrogens (tertiary/aromatic N) is 3. The van der Waals surface area contributed by atoms with E-state index in [1.807, 2.05) is 0 Å². The molecule has 3 rings (SSSR count). The van der Waals surface area contributed by atoms with Crippen LogP contribution in [0.3, 0.4) is 0 Å². The second-order valence-corrected chi connectivity index (χ2v) is 5.13. The van der Waals surface area contributed by atoms with Gasteiger partial charge in [0.05, 0.1) is 17.9 Å². The normalized spacial score (nSPS) is 12.0. The number of rotatable bonds is 3. The number of halogens is 3. The summed E-state index contributed by atoms with van der Waals surface area (Å²) in [5, 5.41) is 9.14. The van der Waals surface area contributed by atoms with E-state index in [1.54, 1.807) is 37.3 Å². The van der Waals surface area contributed by atoms with Crippen LogP contribution in [0.1, 0.15) is 11.4 Å². The van der Waals surface area contributed by atoms with Crippen LogP contribution in [0.25, 0.3) is 22.4 Å². The van der Waals surface area contributed by atoms with Gasteiger partial charge in [0.15, 0.2) is 5.65 Å². The van der Waals surface area contributed by atoms with Crippen molar-refractivity contribution in [1.82, 2.24) is 14.5 Å². The summed E-state index contributed by atoms with van der Waals surface area (Å²) >= 11 is 0. The SMILES string of the molecule is Cc1nc2c(C(F)(F)F)cc(-c3ccccc3)nc2n1CCO. The molecule has 0 aliphatic heterocycles. The van der Waals surface area contributed by atoms with Crippen molar-refractivity contribution in [3.63, 3.8) is 0 Å². The summed E-state index contributed by atoms with van der Waals surface area (Å²) in [5.74, 6) is 0.386. The van der Waals surface area contributed by atoms with Crippen molar-refractivity contribution < 1.29 is 18.3 Å². The van der Waals surface area contributed by atoms with E-state index < -0.39 is 11.7 Å². The third-order valence-corrected chi connectivity index (χ3v) is 3.59. The summed E-state index contributed by atoms with van der Waals surface area (Å²) in [5.41, 5.74) is -0.0617. The van der Waals surface area contributed by atoms with E-state index in [1.165, 1.54) is 4.57 Å². The predicted molar refractivity (Wildman–Crippen MR) is 79.8 cm³/mol. The van der Waals surface area contributed by atoms with Crippen LogP contribution in [0, 0.1) is 6.92 Å². The molecule has 0 bridgehead atoms. The molecule has 0 aliphatic rings. The summed E-state index contributed by atoms with van der Waals surface area (Å²) in [6.45, 7) is 1.54. The van der Waals surface area contributed by atoms with E-state index in [-0.39, 0.29) is 30.0 Å². The van der Waals surface area contributed by atoms with Crippen molar-refractivity contribution in [3.8, 4) is 11.3 Å². The monoisotopic (exact) mass is 321 g/mol. The van der Waals surface area contributed by atoms with Gasteiger partial charge in [-0.1, -0.05) is 30.3 Å². The maximum absolute atomic E-state index is 13.4. The van der Waals surface area contributed by atoms with Gasteiger partial charge in [0.1, 0.15) is 11.3 Å². The van der Waals surface area contributed by atoms with Gasteiger partial charge in [0.25, 0.3) is 0 Å². The highest BCUT2D eigenvalue weighted by molar-refractivity contribution is 5.80. The van der Waals surface area contributed by atoms with Gasteiger partial charge in [-0.05, 0) is 13.0 Å². The highest BCUT2D eigenvalue weighted by Gasteiger charge is 2.35. The third-order valence-electron chi connectivity index (χ3n) is 3.59. The Hall–Kier alpha value is -2.41. The molecule has 0 aliphatic carbocycles. The Labute approximate surface area is 130 Å². The van der Waals surface area contributed by atoms with Crippen LogP contribution < -0.4 is 0 Å². The van der Waals surface area contributed by atoms with Gasteiger partial charge in [-0.2, -0.15) is 13.2 Å². The van der Waals surface area contributed by atoms with Crippen LogP contribution in [0.5, 0.6) is 0 Å². The number of aliphatic hydroxyl groups is 1. The fourth-order valence-electron chi connectivity index (χ4n) is 2.54. The smallest absolute Gasteiger partial charge is 0.395 e. The lowest BCUT2D eigenvalue weighted by Gasteiger charge is -2.11. The zero-order chi connectivity index (χ0) is 16.6. The molecule has 0 atom stereocenters. The predicted octanol–water partition coefficient (Wildman–Crippen LogP) is 3.42. The molecule has 23 heavy (non-hydrogen) atoms. The number of aryl methyl sites for hydroxylation is 1. The summed E-state index contributed by atoms with van der Waals surface area (Å²) in [6.07, 6.45) is -4.53. The van der Waals surface area contributed by atoms with Crippen molar-refractivity contribution >= 4 is 11.2 Å². The first-order chi connectivity index (χ1) is 10.9. The van der Waals surface area contributed by atoms with E-state index in [0.29, 0.717) is 11.4 Å². The lowest BCUT2D eigenvalue weighted by molar-refractivity contribution is -0.136. The number of hydrogen-bond acceptors (Lipinski definition) is 3. The molecule has 2 aromatic heterocycles. The zero-order valence-electron chi connectivity index (χ0n) is 12.3. The number of imidazole rings is 1. The summed E-state index contributed by atoms with van der Waals surface area (Å²) < 4.78 is 41.7. The maximum Gasteiger partial charge on any atom is 0.418 e. The van der Waals surface area contributed by atoms with Gasteiger partial charge in [-0.25, -0.2) is 9.97 Å². The molecular weight excluding hydrogens is 307 g/mol. The maximum atomic E-state index is 13.4. The molecule has 0 radical (unpaired) electrons. The Morgan fingerprint density at radius 3 is 2.43 bits per heavy atom. The number of hydrogen-bond donors (Lipinski definition) is 1. The first-order valence-electron chi connectivity index (χ1n) is 7.03. The second kappa shape index (κ2) is 5.66. The zero-order valence-corrected chi connectivity index (χ0v) is 12.3. The lowest BCUT2D eigenvalue weighted by Crippen LogP contribution is -2.09. The van der Waals surface area contributed by atoms with Crippen molar-refractivity contribution in [2.24, 2.45) is 0 Å². The van der Waals surface area contributed by atoms with Gasteiger partial charge in [-0.3, -0.25) is 0 Å². The molecule has 0 unspecified atom stereocenters. The van der Waals surface area contributed by atoms with E-state index >= 15 is 0 Å². The highest BCUT2D eigenvalue weighted by Crippen LogP contribution is 2.36. The Kier molecular flexibility index (Phi) is 3.81. The Morgan fingerprint density at radius 1 is 1.13 bits per heavy atom. The number of alkyl halides is 3. The molecule has 1 N–H and O–H groups in total. The molecule has 4 nitrogen and oxygen atoms in total. The van der Waals surface area contributed by atoms with Crippen molar-refractivity contribution in [2.45, 2.75) is 19.6 Å². The standard InChI is InChI=1S/C16H14F3N3O/c1-10-20-14-12(16(17,18)19)9-13(11-5-3-2-4-6-11)21-15(14)22(10)7-8-23/h2-6,9,23H,7-8H2,1H3. The highest BCUT2D eigenvalue weighted by atomic mass is 19.4. The van der Waals surface area contributed by atoms with Crippen LogP contribution in [0.2, 0.25) is 0 Å². The Bertz CT molecular complexity index is 841. The first-order valence-corrected chi connectivity index (χ1v) is 7.03. The van der Waals surface area contributed by atoms with Crippen LogP contribution in [0.15, 0.2) is 36.4 Å². The number of aromatic nitrogens is 3. The minimum atomic E-state index is -4.53. The van der Waals surface area contributed by atoms with Crippen LogP contribution in [0.4, 0.5) is 13.2 Å². The fraction of sp³-hybridized carbons (Fsp3) is 0.250. The van der Waals surface area contributed by atoms with Crippen molar-refractivity contribution in [1.29, 1.82) is 0 Å². The molecule has 120 valence electrons. The minimum Gasteiger partial charge on any atom is -0.395 e. The molecule has 0 fully saturated rings. The Morgan fingerprint density at radius 2 is 1.83 bits per heavy atom. The Balaban J connectivity index is 2.34. The summed E-state index contributed by atoms with van der Waals surface area (Å²) in [4.78, 5) is 8.35. The van der Waals surface area contributed by atoms with Gasteiger partial charge in [-0.15, -0.1) is 0 Å². The van der Waals surface area contributed by atoms with Crippen LogP contribution in [-0.2, 0) is 12.7 Å². The lowest BCUT2D eigenvalue weighted by atomic mass is 10.1. The average Bonchev–Trinajstić information content (AvgIpc) is 2.83. The molecule has 1 aromatic carbocycles. The summed E-state index contributed by atoms with van der Waals surface area (Å²) in [6, 6.07) is 9.69. The van der Waals surface area contributed by atoms with Crippen molar-refractivity contribution in [2.75, 3.05) is 6.61 Å². The molecule has 0 saturated carbocycles. The van der Waals surface area contributed by atoms with Crippen LogP contribution in [-0.4, -0.2) is 26.2 Å². The van der Waals surface area contributed by atoms with E-state index in [9.17, 15) is 13.2 Å². The topological polar surface area (TPSA) is 50.9 Å². The van der Waals surface area contributed by atoms with Crippen molar-refractivity contribution in [3.05, 3.63) is 47.8 Å². The van der Waals surface area contributed by atoms with Gasteiger partial charge >= 0.3 is 6.18 Å². The van der Waals surface area contributed by atoms with Gasteiger partial charge in [0, 0.05) is 12.1 Å². The number of aliphatic hydroxyl groups excluding tert-OH is 1. The molecule has 0 amide bonds. The van der Waals surface area contributed by atoms with E-state index in [4.69, 9.17) is 5.11 Å². The van der Waals surface area contributed by atoms with E-state index in [2.05, 4.69) is 9.97 Å². The molecule has 0 spiro atoms. The number of benzene rings is 1. The molecule has 3 aromatic rings. The number of fused-ring (bicyclic) bond motifs is 1. The minimum absolute atomic E-state index is 0.130. The second-order valence-electron chi connectivity index (χ2n) is 5.13. The quantitative estimate of drug-likeness (QED) is 0.804. The third kappa shape index (κ3) is 2.79. The van der Waals surface area contributed by atoms with Gasteiger partial charge in [0.2, 0.25) is 0 Å². The van der Waals surface area contributed by atoms with E-state index in [0.717, 1.165) is 6.07 Å². The number of pyridine rings is 1. The fourth-order valence-corrected chi connectivity index (χ4v) is 2.54.